The van der Waals surface area contributed by atoms with E-state index in [4.69, 9.17) is 9.47 Å². The molecule has 0 spiro atoms. The molecule has 6 heteroatoms. The zero-order valence-corrected chi connectivity index (χ0v) is 10.1. The number of hydrogen-bond donors (Lipinski definition) is 1. The molecule has 2 rings (SSSR count). The molecule has 98 valence electrons. The molecule has 0 radical (unpaired) electrons. The molecule has 5 nitrogen and oxygen atoms in total. The third-order valence-corrected chi connectivity index (χ3v) is 2.96. The van der Waals surface area contributed by atoms with Gasteiger partial charge in [0.1, 0.15) is 5.82 Å². The van der Waals surface area contributed by atoms with Crippen LogP contribution in [0.15, 0.2) is 18.3 Å². The first-order valence-corrected chi connectivity index (χ1v) is 5.49. The van der Waals surface area contributed by atoms with Gasteiger partial charge in [-0.25, -0.2) is 4.39 Å². The minimum Gasteiger partial charge on any atom is -0.480 e. The fourth-order valence-corrected chi connectivity index (χ4v) is 1.72. The van der Waals surface area contributed by atoms with E-state index in [9.17, 15) is 14.3 Å². The fraction of sp³-hybridized carbons (Fsp3) is 0.500. The Morgan fingerprint density at radius 2 is 2.00 bits per heavy atom. The lowest BCUT2D eigenvalue weighted by Gasteiger charge is -2.40. The minimum atomic E-state index is -1.39. The van der Waals surface area contributed by atoms with E-state index >= 15 is 0 Å². The highest BCUT2D eigenvalue weighted by Crippen LogP contribution is 2.32. The molecular weight excluding hydrogens is 241 g/mol. The quantitative estimate of drug-likeness (QED) is 0.863. The van der Waals surface area contributed by atoms with Gasteiger partial charge in [0.25, 0.3) is 0 Å². The first-order chi connectivity index (χ1) is 8.36. The van der Waals surface area contributed by atoms with Crippen LogP contribution in [-0.2, 0) is 19.7 Å². The molecule has 0 unspecified atom stereocenters. The second kappa shape index (κ2) is 4.29. The van der Waals surface area contributed by atoms with Crippen LogP contribution < -0.4 is 0 Å². The van der Waals surface area contributed by atoms with Gasteiger partial charge in [-0.2, -0.15) is 0 Å². The van der Waals surface area contributed by atoms with Gasteiger partial charge >= 0.3 is 5.97 Å². The molecule has 1 aromatic rings. The Morgan fingerprint density at radius 1 is 1.39 bits per heavy atom. The van der Waals surface area contributed by atoms with Crippen molar-refractivity contribution in [1.82, 2.24) is 4.98 Å². The highest BCUT2D eigenvalue weighted by molar-refractivity contribution is 5.81. The number of nitrogens with zero attached hydrogens (tertiary/aromatic N) is 1. The Morgan fingerprint density at radius 3 is 2.44 bits per heavy atom. The van der Waals surface area contributed by atoms with Crippen LogP contribution in [-0.4, -0.2) is 35.1 Å². The molecule has 1 aliphatic rings. The van der Waals surface area contributed by atoms with Crippen molar-refractivity contribution in [2.45, 2.75) is 25.0 Å². The predicted molar refractivity (Wildman–Crippen MR) is 59.5 cm³/mol. The normalized spacial score (nSPS) is 21.5. The maximum absolute atomic E-state index is 12.8. The summed E-state index contributed by atoms with van der Waals surface area (Å²) in [5, 5.41) is 9.39. The molecule has 2 heterocycles. The van der Waals surface area contributed by atoms with E-state index in [1.807, 2.05) is 0 Å². The molecule has 1 aromatic heterocycles. The molecule has 0 aromatic carbocycles. The van der Waals surface area contributed by atoms with Gasteiger partial charge in [0.15, 0.2) is 11.2 Å². The van der Waals surface area contributed by atoms with Crippen molar-refractivity contribution >= 4 is 5.97 Å². The number of carbonyl (C=O) groups is 1. The number of carboxylic acid groups (broad SMARTS) is 1. The van der Waals surface area contributed by atoms with Gasteiger partial charge in [-0.1, -0.05) is 0 Å². The lowest BCUT2D eigenvalue weighted by atomic mass is 9.84. The Balaban J connectivity index is 2.34. The topological polar surface area (TPSA) is 68.7 Å². The molecule has 1 fully saturated rings. The van der Waals surface area contributed by atoms with Crippen molar-refractivity contribution in [2.75, 3.05) is 13.2 Å². The fourth-order valence-electron chi connectivity index (χ4n) is 1.72. The minimum absolute atomic E-state index is 0.0615. The molecule has 0 aliphatic carbocycles. The van der Waals surface area contributed by atoms with Crippen LogP contribution in [0.5, 0.6) is 0 Å². The van der Waals surface area contributed by atoms with Crippen molar-refractivity contribution in [2.24, 2.45) is 0 Å². The van der Waals surface area contributed by atoms with Gasteiger partial charge in [-0.05, 0) is 26.0 Å². The number of rotatable bonds is 2. The Labute approximate surface area is 104 Å². The van der Waals surface area contributed by atoms with Crippen molar-refractivity contribution < 1.29 is 23.8 Å². The van der Waals surface area contributed by atoms with Gasteiger partial charge in [0.2, 0.25) is 0 Å². The van der Waals surface area contributed by atoms with E-state index in [0.717, 1.165) is 6.20 Å². The second-order valence-electron chi connectivity index (χ2n) is 4.73. The summed E-state index contributed by atoms with van der Waals surface area (Å²) in [6.45, 7) is 3.29. The summed E-state index contributed by atoms with van der Waals surface area (Å²) in [6.07, 6.45) is 0.986. The first kappa shape index (κ1) is 12.9. The van der Waals surface area contributed by atoms with Crippen LogP contribution in [0.1, 0.15) is 19.5 Å². The highest BCUT2D eigenvalue weighted by atomic mass is 19.1. The number of aliphatic carboxylic acids is 1. The molecule has 1 N–H and O–H groups in total. The van der Waals surface area contributed by atoms with E-state index in [2.05, 4.69) is 4.98 Å². The maximum Gasteiger partial charge on any atom is 0.320 e. The summed E-state index contributed by atoms with van der Waals surface area (Å²) >= 11 is 0. The molecule has 0 atom stereocenters. The summed E-state index contributed by atoms with van der Waals surface area (Å²) in [5.41, 5.74) is -1.16. The average Bonchev–Trinajstić information content (AvgIpc) is 2.30. The van der Waals surface area contributed by atoms with Crippen molar-refractivity contribution in [1.29, 1.82) is 0 Å². The van der Waals surface area contributed by atoms with Crippen LogP contribution in [0.4, 0.5) is 4.39 Å². The van der Waals surface area contributed by atoms with E-state index in [0.29, 0.717) is 0 Å². The smallest absolute Gasteiger partial charge is 0.320 e. The van der Waals surface area contributed by atoms with Crippen LogP contribution in [0.3, 0.4) is 0 Å². The first-order valence-electron chi connectivity index (χ1n) is 5.49. The number of halogens is 1. The molecular formula is C12H14FNO4. The lowest BCUT2D eigenvalue weighted by Crippen LogP contribution is -2.54. The largest absolute Gasteiger partial charge is 0.480 e. The number of pyridine rings is 1. The molecule has 0 bridgehead atoms. The number of hydrogen-bond acceptors (Lipinski definition) is 4. The molecule has 0 amide bonds. The van der Waals surface area contributed by atoms with Crippen molar-refractivity contribution in [3.05, 3.63) is 29.8 Å². The Hall–Kier alpha value is -1.53. The van der Waals surface area contributed by atoms with E-state index in [1.165, 1.54) is 12.1 Å². The Bertz CT molecular complexity index is 448. The Kier molecular flexibility index (Phi) is 3.08. The van der Waals surface area contributed by atoms with E-state index in [-0.39, 0.29) is 18.9 Å². The molecule has 18 heavy (non-hydrogen) atoms. The SMILES string of the molecule is CC1(C)OCC(C(=O)O)(c2ccc(F)cn2)CO1. The van der Waals surface area contributed by atoms with Gasteiger partial charge in [0.05, 0.1) is 25.1 Å². The summed E-state index contributed by atoms with van der Waals surface area (Å²) in [7, 11) is 0. The standard InChI is InChI=1S/C12H14FNO4/c1-11(2)17-6-12(7-18-11,10(15)16)9-4-3-8(13)5-14-9/h3-5H,6-7H2,1-2H3,(H,15,16). The monoisotopic (exact) mass is 255 g/mol. The van der Waals surface area contributed by atoms with Crippen molar-refractivity contribution in [3.63, 3.8) is 0 Å². The highest BCUT2D eigenvalue weighted by Gasteiger charge is 2.48. The van der Waals surface area contributed by atoms with Crippen molar-refractivity contribution in [3.8, 4) is 0 Å². The molecule has 1 aliphatic heterocycles. The molecule has 0 saturated carbocycles. The zero-order chi connectivity index (χ0) is 13.4. The van der Waals surface area contributed by atoms with E-state index < -0.39 is 23.0 Å². The van der Waals surface area contributed by atoms with Crippen LogP contribution in [0.25, 0.3) is 0 Å². The number of aromatic nitrogens is 1. The van der Waals surface area contributed by atoms with Crippen LogP contribution >= 0.6 is 0 Å². The lowest BCUT2D eigenvalue weighted by molar-refractivity contribution is -0.269. The third-order valence-electron chi connectivity index (χ3n) is 2.96. The summed E-state index contributed by atoms with van der Waals surface area (Å²) < 4.78 is 23.6. The average molecular weight is 255 g/mol. The maximum atomic E-state index is 12.8. The number of ether oxygens (including phenoxy) is 2. The third kappa shape index (κ3) is 2.21. The van der Waals surface area contributed by atoms with Gasteiger partial charge in [-0.3, -0.25) is 9.78 Å². The predicted octanol–water partition coefficient (Wildman–Crippen LogP) is 1.33. The van der Waals surface area contributed by atoms with Gasteiger partial charge in [0, 0.05) is 0 Å². The molecule has 1 saturated heterocycles. The summed E-state index contributed by atoms with van der Waals surface area (Å²) in [6, 6.07) is 2.52. The van der Waals surface area contributed by atoms with Gasteiger partial charge < -0.3 is 14.6 Å². The summed E-state index contributed by atoms with van der Waals surface area (Å²) in [5.74, 6) is -2.44. The van der Waals surface area contributed by atoms with Crippen LogP contribution in [0, 0.1) is 5.82 Å². The van der Waals surface area contributed by atoms with Crippen LogP contribution in [0.2, 0.25) is 0 Å². The van der Waals surface area contributed by atoms with E-state index in [1.54, 1.807) is 13.8 Å². The number of carboxylic acids is 1. The van der Waals surface area contributed by atoms with Gasteiger partial charge in [-0.15, -0.1) is 0 Å². The second-order valence-corrected chi connectivity index (χ2v) is 4.73. The zero-order valence-electron chi connectivity index (χ0n) is 10.1. The summed E-state index contributed by atoms with van der Waals surface area (Å²) in [4.78, 5) is 15.3.